The van der Waals surface area contributed by atoms with Gasteiger partial charge in [0.05, 0.1) is 12.7 Å². The standard InChI is InChI=1S/C10H11N3O/c1-13-7-11-12-10(13)8-5-3-4-6-9(8)14-2/h3-7H,1-2H3. The van der Waals surface area contributed by atoms with Gasteiger partial charge in [-0.05, 0) is 12.1 Å². The highest BCUT2D eigenvalue weighted by molar-refractivity contribution is 5.63. The van der Waals surface area contributed by atoms with Crippen LogP contribution in [0.1, 0.15) is 0 Å². The van der Waals surface area contributed by atoms with Crippen molar-refractivity contribution in [2.45, 2.75) is 0 Å². The molecule has 1 aromatic carbocycles. The minimum atomic E-state index is 0.808. The van der Waals surface area contributed by atoms with Crippen LogP contribution < -0.4 is 4.74 Å². The quantitative estimate of drug-likeness (QED) is 0.718. The summed E-state index contributed by atoms with van der Waals surface area (Å²) < 4.78 is 7.10. The fraction of sp³-hybridized carbons (Fsp3) is 0.200. The van der Waals surface area contributed by atoms with Crippen molar-refractivity contribution < 1.29 is 4.74 Å². The number of para-hydroxylation sites is 1. The number of nitrogens with zero attached hydrogens (tertiary/aromatic N) is 3. The summed E-state index contributed by atoms with van der Waals surface area (Å²) >= 11 is 0. The van der Waals surface area contributed by atoms with Crippen molar-refractivity contribution in [3.63, 3.8) is 0 Å². The Labute approximate surface area is 82.2 Å². The van der Waals surface area contributed by atoms with Crippen molar-refractivity contribution in [1.29, 1.82) is 0 Å². The van der Waals surface area contributed by atoms with E-state index < -0.39 is 0 Å². The van der Waals surface area contributed by atoms with Gasteiger partial charge in [-0.2, -0.15) is 0 Å². The van der Waals surface area contributed by atoms with Crippen LogP contribution in [0.25, 0.3) is 11.4 Å². The first-order valence-electron chi connectivity index (χ1n) is 4.30. The SMILES string of the molecule is COc1ccccc1-c1nncn1C. The second-order valence-electron chi connectivity index (χ2n) is 2.97. The maximum Gasteiger partial charge on any atom is 0.167 e. The van der Waals surface area contributed by atoms with Gasteiger partial charge in [0.2, 0.25) is 0 Å². The number of hydrogen-bond donors (Lipinski definition) is 0. The van der Waals surface area contributed by atoms with Crippen LogP contribution in [-0.2, 0) is 7.05 Å². The Kier molecular flexibility index (Phi) is 2.18. The average molecular weight is 189 g/mol. The Hall–Kier alpha value is -1.84. The highest BCUT2D eigenvalue weighted by atomic mass is 16.5. The first kappa shape index (κ1) is 8.74. The van der Waals surface area contributed by atoms with E-state index in [0.717, 1.165) is 17.1 Å². The van der Waals surface area contributed by atoms with E-state index in [-0.39, 0.29) is 0 Å². The molecule has 2 aromatic rings. The van der Waals surface area contributed by atoms with E-state index in [0.29, 0.717) is 0 Å². The first-order chi connectivity index (χ1) is 6.83. The van der Waals surface area contributed by atoms with Gasteiger partial charge in [-0.1, -0.05) is 12.1 Å². The van der Waals surface area contributed by atoms with Crippen molar-refractivity contribution >= 4 is 0 Å². The second-order valence-corrected chi connectivity index (χ2v) is 2.97. The molecule has 0 unspecified atom stereocenters. The van der Waals surface area contributed by atoms with Gasteiger partial charge >= 0.3 is 0 Å². The van der Waals surface area contributed by atoms with Crippen LogP contribution in [0.4, 0.5) is 0 Å². The molecule has 2 rings (SSSR count). The Balaban J connectivity index is 2.56. The highest BCUT2D eigenvalue weighted by Crippen LogP contribution is 2.26. The van der Waals surface area contributed by atoms with Crippen molar-refractivity contribution in [3.8, 4) is 17.1 Å². The summed E-state index contributed by atoms with van der Waals surface area (Å²) in [6, 6.07) is 7.75. The lowest BCUT2D eigenvalue weighted by Gasteiger charge is -2.06. The van der Waals surface area contributed by atoms with E-state index >= 15 is 0 Å². The summed E-state index contributed by atoms with van der Waals surface area (Å²) in [5, 5.41) is 7.86. The number of methoxy groups -OCH3 is 1. The van der Waals surface area contributed by atoms with Gasteiger partial charge in [0, 0.05) is 7.05 Å². The minimum absolute atomic E-state index is 0.808. The molecular weight excluding hydrogens is 178 g/mol. The topological polar surface area (TPSA) is 39.9 Å². The molecular formula is C10H11N3O. The van der Waals surface area contributed by atoms with Crippen LogP contribution in [-0.4, -0.2) is 21.9 Å². The second kappa shape index (κ2) is 3.49. The van der Waals surface area contributed by atoms with Gasteiger partial charge < -0.3 is 9.30 Å². The molecule has 0 bridgehead atoms. The monoisotopic (exact) mass is 189 g/mol. The molecule has 0 saturated carbocycles. The fourth-order valence-corrected chi connectivity index (χ4v) is 1.36. The summed E-state index contributed by atoms with van der Waals surface area (Å²) in [6.45, 7) is 0. The summed E-state index contributed by atoms with van der Waals surface area (Å²) in [7, 11) is 3.55. The minimum Gasteiger partial charge on any atom is -0.496 e. The van der Waals surface area contributed by atoms with Crippen molar-refractivity contribution in [1.82, 2.24) is 14.8 Å². The zero-order valence-electron chi connectivity index (χ0n) is 8.14. The molecule has 0 amide bonds. The lowest BCUT2D eigenvalue weighted by Crippen LogP contribution is -1.94. The Morgan fingerprint density at radius 2 is 2.07 bits per heavy atom. The van der Waals surface area contributed by atoms with Gasteiger partial charge in [-0.15, -0.1) is 10.2 Å². The number of ether oxygens (including phenoxy) is 1. The van der Waals surface area contributed by atoms with E-state index in [1.807, 2.05) is 35.9 Å². The number of rotatable bonds is 2. The summed E-state index contributed by atoms with van der Waals surface area (Å²) in [4.78, 5) is 0. The van der Waals surface area contributed by atoms with Gasteiger partial charge in [-0.3, -0.25) is 0 Å². The number of aromatic nitrogens is 3. The molecule has 0 spiro atoms. The molecule has 4 heteroatoms. The zero-order valence-corrected chi connectivity index (χ0v) is 8.14. The van der Waals surface area contributed by atoms with Crippen molar-refractivity contribution in [3.05, 3.63) is 30.6 Å². The average Bonchev–Trinajstić information content (AvgIpc) is 2.64. The molecule has 1 heterocycles. The lowest BCUT2D eigenvalue weighted by molar-refractivity contribution is 0.416. The molecule has 14 heavy (non-hydrogen) atoms. The number of benzene rings is 1. The summed E-state index contributed by atoms with van der Waals surface area (Å²) in [5.74, 6) is 1.62. The number of hydrogen-bond acceptors (Lipinski definition) is 3. The fourth-order valence-electron chi connectivity index (χ4n) is 1.36. The van der Waals surface area contributed by atoms with Crippen LogP contribution in [0.15, 0.2) is 30.6 Å². The molecule has 0 radical (unpaired) electrons. The van der Waals surface area contributed by atoms with Crippen LogP contribution in [0, 0.1) is 0 Å². The summed E-state index contributed by atoms with van der Waals surface area (Å²) in [5.41, 5.74) is 0.954. The van der Waals surface area contributed by atoms with Crippen LogP contribution >= 0.6 is 0 Å². The third-order valence-electron chi connectivity index (χ3n) is 2.06. The summed E-state index contributed by atoms with van der Waals surface area (Å²) in [6.07, 6.45) is 1.67. The highest BCUT2D eigenvalue weighted by Gasteiger charge is 2.09. The molecule has 72 valence electrons. The van der Waals surface area contributed by atoms with Crippen molar-refractivity contribution in [2.24, 2.45) is 7.05 Å². The van der Waals surface area contributed by atoms with Gasteiger partial charge in [0.1, 0.15) is 12.1 Å². The van der Waals surface area contributed by atoms with Crippen molar-refractivity contribution in [2.75, 3.05) is 7.11 Å². The Morgan fingerprint density at radius 3 is 2.71 bits per heavy atom. The Bertz CT molecular complexity index is 436. The molecule has 1 aromatic heterocycles. The third kappa shape index (κ3) is 1.35. The maximum absolute atomic E-state index is 5.24. The van der Waals surface area contributed by atoms with E-state index in [2.05, 4.69) is 10.2 Å². The molecule has 0 saturated heterocycles. The molecule has 4 nitrogen and oxygen atoms in total. The molecule has 0 fully saturated rings. The normalized spacial score (nSPS) is 10.1. The maximum atomic E-state index is 5.24. The predicted molar refractivity (Wildman–Crippen MR) is 53.0 cm³/mol. The first-order valence-corrected chi connectivity index (χ1v) is 4.30. The molecule has 0 N–H and O–H groups in total. The van der Waals surface area contributed by atoms with Crippen LogP contribution in [0.5, 0.6) is 5.75 Å². The van der Waals surface area contributed by atoms with Gasteiger partial charge in [0.15, 0.2) is 5.82 Å². The third-order valence-corrected chi connectivity index (χ3v) is 2.06. The molecule has 0 aliphatic heterocycles. The van der Waals surface area contributed by atoms with E-state index in [4.69, 9.17) is 4.74 Å². The molecule has 0 atom stereocenters. The largest absolute Gasteiger partial charge is 0.496 e. The van der Waals surface area contributed by atoms with E-state index in [1.165, 1.54) is 0 Å². The van der Waals surface area contributed by atoms with Gasteiger partial charge in [0.25, 0.3) is 0 Å². The smallest absolute Gasteiger partial charge is 0.167 e. The predicted octanol–water partition coefficient (Wildman–Crippen LogP) is 1.49. The molecule has 0 aliphatic carbocycles. The van der Waals surface area contributed by atoms with E-state index in [9.17, 15) is 0 Å². The zero-order chi connectivity index (χ0) is 9.97. The lowest BCUT2D eigenvalue weighted by atomic mass is 10.2. The Morgan fingerprint density at radius 1 is 1.29 bits per heavy atom. The van der Waals surface area contributed by atoms with Gasteiger partial charge in [-0.25, -0.2) is 0 Å². The number of aryl methyl sites for hydroxylation is 1. The van der Waals surface area contributed by atoms with E-state index in [1.54, 1.807) is 13.4 Å². The van der Waals surface area contributed by atoms with Crippen LogP contribution in [0.3, 0.4) is 0 Å². The molecule has 0 aliphatic rings. The van der Waals surface area contributed by atoms with Crippen LogP contribution in [0.2, 0.25) is 0 Å².